The summed E-state index contributed by atoms with van der Waals surface area (Å²) in [7, 11) is -2.51. The zero-order valence-electron chi connectivity index (χ0n) is 16.6. The van der Waals surface area contributed by atoms with Gasteiger partial charge in [0.1, 0.15) is 17.3 Å². The van der Waals surface area contributed by atoms with Gasteiger partial charge in [-0.05, 0) is 43.2 Å². The average Bonchev–Trinajstić information content (AvgIpc) is 2.70. The van der Waals surface area contributed by atoms with E-state index in [-0.39, 0.29) is 16.7 Å². The second-order valence-electron chi connectivity index (χ2n) is 6.14. The van der Waals surface area contributed by atoms with Crippen LogP contribution >= 0.6 is 0 Å². The number of para-hydroxylation sites is 2. The summed E-state index contributed by atoms with van der Waals surface area (Å²) in [5, 5.41) is 8.47. The monoisotopic (exact) mass is 418 g/mol. The van der Waals surface area contributed by atoms with Crippen molar-refractivity contribution >= 4 is 10.0 Å². The Balaban J connectivity index is 1.94. The van der Waals surface area contributed by atoms with Gasteiger partial charge in [0.05, 0.1) is 19.8 Å². The molecule has 2 rings (SSSR count). The minimum Gasteiger partial charge on any atom is -0.495 e. The molecule has 0 spiro atoms. The Bertz CT molecular complexity index is 954. The first kappa shape index (κ1) is 22.6. The topological polar surface area (TPSA) is 99.9 Å². The molecule has 0 fully saturated rings. The summed E-state index contributed by atoms with van der Waals surface area (Å²) in [4.78, 5) is -0.0656. The van der Waals surface area contributed by atoms with Crippen LogP contribution in [0.3, 0.4) is 0 Å². The SMILES string of the molecule is C#C[C@H](Cc1ccc(OC)c(S(N)(=O)=O)c1)NCCOc1ccccc1OCC. The molecule has 1 atom stereocenters. The first-order valence-electron chi connectivity index (χ1n) is 9.13. The van der Waals surface area contributed by atoms with E-state index in [2.05, 4.69) is 11.2 Å². The minimum absolute atomic E-state index is 0.0656. The summed E-state index contributed by atoms with van der Waals surface area (Å²) in [6.45, 7) is 3.37. The van der Waals surface area contributed by atoms with Crippen LogP contribution in [0.2, 0.25) is 0 Å². The Morgan fingerprint density at radius 2 is 1.83 bits per heavy atom. The molecule has 8 heteroatoms. The van der Waals surface area contributed by atoms with Crippen molar-refractivity contribution in [3.05, 3.63) is 48.0 Å². The fourth-order valence-electron chi connectivity index (χ4n) is 2.73. The molecule has 7 nitrogen and oxygen atoms in total. The molecule has 0 aliphatic heterocycles. The summed E-state index contributed by atoms with van der Waals surface area (Å²) < 4.78 is 39.9. The number of nitrogens with two attached hydrogens (primary N) is 1. The number of hydrogen-bond acceptors (Lipinski definition) is 6. The minimum atomic E-state index is -3.90. The van der Waals surface area contributed by atoms with Gasteiger partial charge in [-0.3, -0.25) is 0 Å². The van der Waals surface area contributed by atoms with Crippen LogP contribution in [0.1, 0.15) is 12.5 Å². The van der Waals surface area contributed by atoms with E-state index in [0.29, 0.717) is 37.7 Å². The van der Waals surface area contributed by atoms with Crippen molar-refractivity contribution in [2.75, 3.05) is 26.9 Å². The van der Waals surface area contributed by atoms with E-state index in [4.69, 9.17) is 25.8 Å². The Labute approximate surface area is 172 Å². The number of benzene rings is 2. The molecule has 3 N–H and O–H groups in total. The number of primary sulfonamides is 1. The van der Waals surface area contributed by atoms with Crippen LogP contribution in [0.5, 0.6) is 17.2 Å². The number of sulfonamides is 1. The first-order valence-corrected chi connectivity index (χ1v) is 10.7. The van der Waals surface area contributed by atoms with Crippen LogP contribution in [-0.2, 0) is 16.4 Å². The van der Waals surface area contributed by atoms with Crippen molar-refractivity contribution in [2.24, 2.45) is 5.14 Å². The Hall–Kier alpha value is -2.73. The largest absolute Gasteiger partial charge is 0.495 e. The molecule has 0 saturated heterocycles. The van der Waals surface area contributed by atoms with E-state index in [1.165, 1.54) is 13.2 Å². The maximum Gasteiger partial charge on any atom is 0.241 e. The van der Waals surface area contributed by atoms with Crippen LogP contribution in [0, 0.1) is 12.3 Å². The fourth-order valence-corrected chi connectivity index (χ4v) is 3.48. The van der Waals surface area contributed by atoms with Gasteiger partial charge >= 0.3 is 0 Å². The Morgan fingerprint density at radius 1 is 1.14 bits per heavy atom. The van der Waals surface area contributed by atoms with Gasteiger partial charge in [0.25, 0.3) is 0 Å². The predicted molar refractivity (Wildman–Crippen MR) is 112 cm³/mol. The van der Waals surface area contributed by atoms with E-state index in [1.54, 1.807) is 12.1 Å². The number of methoxy groups -OCH3 is 1. The number of rotatable bonds is 11. The molecule has 0 unspecified atom stereocenters. The number of nitrogens with one attached hydrogen (secondary N) is 1. The van der Waals surface area contributed by atoms with Crippen LogP contribution in [-0.4, -0.2) is 41.3 Å². The van der Waals surface area contributed by atoms with Crippen molar-refractivity contribution in [3.63, 3.8) is 0 Å². The molecule has 2 aromatic carbocycles. The molecule has 0 saturated carbocycles. The first-order chi connectivity index (χ1) is 13.9. The van der Waals surface area contributed by atoms with Crippen LogP contribution in [0.15, 0.2) is 47.4 Å². The molecule has 29 heavy (non-hydrogen) atoms. The summed E-state index contributed by atoms with van der Waals surface area (Å²) in [6.07, 6.45) is 6.05. The predicted octanol–water partition coefficient (Wildman–Crippen LogP) is 1.95. The Kier molecular flexibility index (Phi) is 8.34. The molecule has 0 radical (unpaired) electrons. The third-order valence-electron chi connectivity index (χ3n) is 4.07. The van der Waals surface area contributed by atoms with Gasteiger partial charge in [-0.15, -0.1) is 6.42 Å². The van der Waals surface area contributed by atoms with Crippen molar-refractivity contribution in [1.82, 2.24) is 5.32 Å². The summed E-state index contributed by atoms with van der Waals surface area (Å²) in [5.74, 6) is 4.22. The molecular formula is C21H26N2O5S. The third kappa shape index (κ3) is 6.68. The van der Waals surface area contributed by atoms with E-state index in [1.807, 2.05) is 31.2 Å². The maximum atomic E-state index is 11.8. The summed E-state index contributed by atoms with van der Waals surface area (Å²) in [6, 6.07) is 12.0. The van der Waals surface area contributed by atoms with Gasteiger partial charge < -0.3 is 19.5 Å². The van der Waals surface area contributed by atoms with Crippen molar-refractivity contribution in [1.29, 1.82) is 0 Å². The van der Waals surface area contributed by atoms with Crippen LogP contribution in [0.25, 0.3) is 0 Å². The highest BCUT2D eigenvalue weighted by molar-refractivity contribution is 7.89. The molecular weight excluding hydrogens is 392 g/mol. The number of hydrogen-bond donors (Lipinski definition) is 2. The molecule has 156 valence electrons. The van der Waals surface area contributed by atoms with Gasteiger partial charge in [0.15, 0.2) is 11.5 Å². The lowest BCUT2D eigenvalue weighted by molar-refractivity contribution is 0.274. The van der Waals surface area contributed by atoms with E-state index in [0.717, 1.165) is 5.56 Å². The van der Waals surface area contributed by atoms with E-state index < -0.39 is 10.0 Å². The number of ether oxygens (including phenoxy) is 3. The van der Waals surface area contributed by atoms with Crippen LogP contribution in [0.4, 0.5) is 0 Å². The van der Waals surface area contributed by atoms with Gasteiger partial charge in [-0.1, -0.05) is 24.1 Å². The van der Waals surface area contributed by atoms with Crippen LogP contribution < -0.4 is 24.7 Å². The van der Waals surface area contributed by atoms with Gasteiger partial charge in [0, 0.05) is 6.54 Å². The number of terminal acetylenes is 1. The fraction of sp³-hybridized carbons (Fsp3) is 0.333. The zero-order valence-corrected chi connectivity index (χ0v) is 17.4. The van der Waals surface area contributed by atoms with E-state index in [9.17, 15) is 8.42 Å². The standard InChI is InChI=1S/C21H26N2O5S/c1-4-17(14-16-10-11-20(26-3)21(15-16)29(22,24)25)23-12-13-28-19-9-7-6-8-18(19)27-5-2/h1,6-11,15,17,23H,5,12-14H2,2-3H3,(H2,22,24,25)/t17-/m1/s1. The second kappa shape index (κ2) is 10.7. The molecule has 0 bridgehead atoms. The van der Waals surface area contributed by atoms with Gasteiger partial charge in [-0.25, -0.2) is 13.6 Å². The maximum absolute atomic E-state index is 11.8. The summed E-state index contributed by atoms with van der Waals surface area (Å²) >= 11 is 0. The van der Waals surface area contributed by atoms with Crippen molar-refractivity contribution < 1.29 is 22.6 Å². The smallest absolute Gasteiger partial charge is 0.241 e. The lowest BCUT2D eigenvalue weighted by atomic mass is 10.1. The normalized spacial score (nSPS) is 12.1. The molecule has 0 heterocycles. The highest BCUT2D eigenvalue weighted by atomic mass is 32.2. The Morgan fingerprint density at radius 3 is 2.41 bits per heavy atom. The average molecular weight is 419 g/mol. The quantitative estimate of drug-likeness (QED) is 0.427. The summed E-state index contributed by atoms with van der Waals surface area (Å²) in [5.41, 5.74) is 0.730. The third-order valence-corrected chi connectivity index (χ3v) is 5.01. The molecule has 0 amide bonds. The highest BCUT2D eigenvalue weighted by Gasteiger charge is 2.17. The van der Waals surface area contributed by atoms with E-state index >= 15 is 0 Å². The molecule has 0 aliphatic carbocycles. The van der Waals surface area contributed by atoms with Crippen molar-refractivity contribution in [2.45, 2.75) is 24.3 Å². The van der Waals surface area contributed by atoms with Gasteiger partial charge in [-0.2, -0.15) is 0 Å². The molecule has 0 aromatic heterocycles. The van der Waals surface area contributed by atoms with Crippen molar-refractivity contribution in [3.8, 4) is 29.6 Å². The highest BCUT2D eigenvalue weighted by Crippen LogP contribution is 2.26. The van der Waals surface area contributed by atoms with Gasteiger partial charge in [0.2, 0.25) is 10.0 Å². The molecule has 2 aromatic rings. The lowest BCUT2D eigenvalue weighted by Gasteiger charge is -2.16. The second-order valence-corrected chi connectivity index (χ2v) is 7.67. The molecule has 0 aliphatic rings. The zero-order chi connectivity index (χ0) is 21.3. The lowest BCUT2D eigenvalue weighted by Crippen LogP contribution is -2.33.